The molecule has 144 valence electrons. The van der Waals surface area contributed by atoms with E-state index in [0.717, 1.165) is 43.2 Å². The van der Waals surface area contributed by atoms with Crippen LogP contribution in [0.1, 0.15) is 48.5 Å². The highest BCUT2D eigenvalue weighted by atomic mass is 16.5. The molecule has 0 saturated carbocycles. The molecule has 5 rings (SSSR count). The molecule has 1 aliphatic carbocycles. The number of rotatable bonds is 3. The molecule has 0 bridgehead atoms. The molecule has 4 heteroatoms. The molecule has 0 spiro atoms. The Hall–Kier alpha value is -2.59. The predicted octanol–water partition coefficient (Wildman–Crippen LogP) is 4.41. The number of aromatic nitrogens is 1. The van der Waals surface area contributed by atoms with Crippen molar-refractivity contribution in [3.63, 3.8) is 0 Å². The number of hydrogen-bond donors (Lipinski definition) is 2. The molecule has 1 saturated heterocycles. The number of aromatic amines is 1. The van der Waals surface area contributed by atoms with Crippen LogP contribution >= 0.6 is 0 Å². The van der Waals surface area contributed by atoms with E-state index >= 15 is 0 Å². The van der Waals surface area contributed by atoms with E-state index in [2.05, 4.69) is 46.7 Å². The first-order valence-electron chi connectivity index (χ1n) is 10.3. The van der Waals surface area contributed by atoms with Crippen molar-refractivity contribution in [3.05, 3.63) is 71.4 Å². The number of amides is 1. The smallest absolute Gasteiger partial charge is 0.231 e. The van der Waals surface area contributed by atoms with Gasteiger partial charge in [-0.2, -0.15) is 0 Å². The van der Waals surface area contributed by atoms with Crippen molar-refractivity contribution < 1.29 is 9.53 Å². The van der Waals surface area contributed by atoms with Gasteiger partial charge in [0.2, 0.25) is 5.91 Å². The fourth-order valence-electron chi connectivity index (χ4n) is 4.98. The van der Waals surface area contributed by atoms with Gasteiger partial charge in [-0.1, -0.05) is 48.5 Å². The van der Waals surface area contributed by atoms with Gasteiger partial charge in [-0.05, 0) is 49.3 Å². The molecular weight excluding hydrogens is 348 g/mol. The van der Waals surface area contributed by atoms with Gasteiger partial charge in [0, 0.05) is 29.8 Å². The van der Waals surface area contributed by atoms with E-state index in [0.29, 0.717) is 13.2 Å². The molecule has 28 heavy (non-hydrogen) atoms. The summed E-state index contributed by atoms with van der Waals surface area (Å²) in [7, 11) is 0. The number of aryl methyl sites for hydroxylation is 1. The Labute approximate surface area is 165 Å². The van der Waals surface area contributed by atoms with Crippen LogP contribution in [0.2, 0.25) is 0 Å². The van der Waals surface area contributed by atoms with E-state index < -0.39 is 5.41 Å². The number of carbonyl (C=O) groups is 1. The van der Waals surface area contributed by atoms with Crippen molar-refractivity contribution in [2.75, 3.05) is 13.2 Å². The van der Waals surface area contributed by atoms with Gasteiger partial charge in [0.15, 0.2) is 0 Å². The maximum atomic E-state index is 13.6. The second-order valence-corrected chi connectivity index (χ2v) is 8.04. The number of para-hydroxylation sites is 1. The fourth-order valence-corrected chi connectivity index (χ4v) is 4.98. The third-order valence-electron chi connectivity index (χ3n) is 6.53. The van der Waals surface area contributed by atoms with Crippen LogP contribution in [-0.4, -0.2) is 24.1 Å². The zero-order chi connectivity index (χ0) is 19.0. The van der Waals surface area contributed by atoms with Gasteiger partial charge in [0.1, 0.15) is 0 Å². The van der Waals surface area contributed by atoms with E-state index in [4.69, 9.17) is 4.74 Å². The standard InChI is InChI=1S/C24H26N2O2/c27-23(24(13-15-28-16-14-24)17-7-2-1-3-8-17)26-21-12-6-10-19-18-9-4-5-11-20(18)25-22(19)21/h1-5,7-9,11,21,25H,6,10,12-16H2,(H,26,27)/t21-/m1/s1. The monoisotopic (exact) mass is 374 g/mol. The lowest BCUT2D eigenvalue weighted by Gasteiger charge is -2.38. The fraction of sp³-hybridized carbons (Fsp3) is 0.375. The minimum Gasteiger partial charge on any atom is -0.381 e. The Morgan fingerprint density at radius 2 is 1.79 bits per heavy atom. The zero-order valence-corrected chi connectivity index (χ0v) is 16.0. The molecule has 0 unspecified atom stereocenters. The van der Waals surface area contributed by atoms with Gasteiger partial charge in [-0.3, -0.25) is 4.79 Å². The first-order valence-corrected chi connectivity index (χ1v) is 10.3. The van der Waals surface area contributed by atoms with Crippen molar-refractivity contribution in [2.24, 2.45) is 0 Å². The Kier molecular flexibility index (Phi) is 4.44. The average Bonchev–Trinajstić information content (AvgIpc) is 3.15. The SMILES string of the molecule is O=C(N[C@@H]1CCCc2c1[nH]c1ccccc21)C1(c2ccccc2)CCOCC1. The highest BCUT2D eigenvalue weighted by Crippen LogP contribution is 2.38. The predicted molar refractivity (Wildman–Crippen MR) is 110 cm³/mol. The summed E-state index contributed by atoms with van der Waals surface area (Å²) in [6.45, 7) is 1.26. The summed E-state index contributed by atoms with van der Waals surface area (Å²) in [6, 6.07) is 18.7. The van der Waals surface area contributed by atoms with Gasteiger partial charge in [0.05, 0.1) is 11.5 Å². The molecule has 3 aromatic rings. The van der Waals surface area contributed by atoms with Crippen LogP contribution in [0.25, 0.3) is 10.9 Å². The van der Waals surface area contributed by atoms with Crippen LogP contribution in [0.3, 0.4) is 0 Å². The molecule has 0 radical (unpaired) electrons. The molecule has 1 aliphatic heterocycles. The van der Waals surface area contributed by atoms with Gasteiger partial charge in [-0.25, -0.2) is 0 Å². The minimum absolute atomic E-state index is 0.0482. The Balaban J connectivity index is 1.48. The zero-order valence-electron chi connectivity index (χ0n) is 16.0. The van der Waals surface area contributed by atoms with Crippen molar-refractivity contribution in [1.29, 1.82) is 0 Å². The molecule has 4 nitrogen and oxygen atoms in total. The Morgan fingerprint density at radius 3 is 2.61 bits per heavy atom. The van der Waals surface area contributed by atoms with E-state index in [1.165, 1.54) is 16.6 Å². The highest BCUT2D eigenvalue weighted by Gasteiger charge is 2.42. The topological polar surface area (TPSA) is 54.1 Å². The van der Waals surface area contributed by atoms with Crippen molar-refractivity contribution in [3.8, 4) is 0 Å². The van der Waals surface area contributed by atoms with Crippen molar-refractivity contribution >= 4 is 16.8 Å². The van der Waals surface area contributed by atoms with Crippen LogP contribution in [-0.2, 0) is 21.4 Å². The largest absolute Gasteiger partial charge is 0.381 e. The number of benzene rings is 2. The summed E-state index contributed by atoms with van der Waals surface area (Å²) in [5.74, 6) is 0.138. The van der Waals surface area contributed by atoms with Crippen molar-refractivity contribution in [1.82, 2.24) is 10.3 Å². The van der Waals surface area contributed by atoms with E-state index in [-0.39, 0.29) is 11.9 Å². The molecule has 1 aromatic heterocycles. The number of ether oxygens (including phenoxy) is 1. The summed E-state index contributed by atoms with van der Waals surface area (Å²) in [4.78, 5) is 17.2. The van der Waals surface area contributed by atoms with E-state index in [9.17, 15) is 4.79 Å². The lowest BCUT2D eigenvalue weighted by atomic mass is 9.73. The summed E-state index contributed by atoms with van der Waals surface area (Å²) < 4.78 is 5.60. The first-order chi connectivity index (χ1) is 13.8. The number of fused-ring (bicyclic) bond motifs is 3. The third-order valence-corrected chi connectivity index (χ3v) is 6.53. The van der Waals surface area contributed by atoms with E-state index in [1.807, 2.05) is 18.2 Å². The summed E-state index contributed by atoms with van der Waals surface area (Å²) in [6.07, 6.45) is 4.61. The molecule has 1 atom stereocenters. The molecule has 2 aromatic carbocycles. The molecule has 2 N–H and O–H groups in total. The normalized spacial score (nSPS) is 21.2. The van der Waals surface area contributed by atoms with Crippen LogP contribution in [0, 0.1) is 0 Å². The molecule has 2 heterocycles. The second kappa shape index (κ2) is 7.10. The number of carbonyl (C=O) groups excluding carboxylic acids is 1. The maximum Gasteiger partial charge on any atom is 0.231 e. The molecule has 1 amide bonds. The molecule has 1 fully saturated rings. The second-order valence-electron chi connectivity index (χ2n) is 8.04. The van der Waals surface area contributed by atoms with Crippen LogP contribution in [0.4, 0.5) is 0 Å². The minimum atomic E-state index is -0.497. The number of nitrogens with one attached hydrogen (secondary N) is 2. The molecular formula is C24H26N2O2. The van der Waals surface area contributed by atoms with Crippen LogP contribution < -0.4 is 5.32 Å². The lowest BCUT2D eigenvalue weighted by molar-refractivity contribution is -0.131. The van der Waals surface area contributed by atoms with Crippen molar-refractivity contribution in [2.45, 2.75) is 43.6 Å². The van der Waals surface area contributed by atoms with E-state index in [1.54, 1.807) is 0 Å². The van der Waals surface area contributed by atoms with Gasteiger partial charge in [0.25, 0.3) is 0 Å². The quantitative estimate of drug-likeness (QED) is 0.713. The van der Waals surface area contributed by atoms with Gasteiger partial charge < -0.3 is 15.0 Å². The first kappa shape index (κ1) is 17.5. The van der Waals surface area contributed by atoms with Gasteiger partial charge >= 0.3 is 0 Å². The lowest BCUT2D eigenvalue weighted by Crippen LogP contribution is -2.49. The Bertz CT molecular complexity index is 986. The third kappa shape index (κ3) is 2.83. The number of hydrogen-bond acceptors (Lipinski definition) is 2. The highest BCUT2D eigenvalue weighted by molar-refractivity contribution is 5.89. The Morgan fingerprint density at radius 1 is 1.04 bits per heavy atom. The summed E-state index contributed by atoms with van der Waals surface area (Å²) >= 11 is 0. The summed E-state index contributed by atoms with van der Waals surface area (Å²) in [5, 5.41) is 4.71. The summed E-state index contributed by atoms with van der Waals surface area (Å²) in [5.41, 5.74) is 4.33. The van der Waals surface area contributed by atoms with Crippen LogP contribution in [0.15, 0.2) is 54.6 Å². The maximum absolute atomic E-state index is 13.6. The average molecular weight is 374 g/mol. The van der Waals surface area contributed by atoms with Gasteiger partial charge in [-0.15, -0.1) is 0 Å². The van der Waals surface area contributed by atoms with Crippen LogP contribution in [0.5, 0.6) is 0 Å². The molecule has 2 aliphatic rings. The number of H-pyrrole nitrogens is 1.